The lowest BCUT2D eigenvalue weighted by atomic mass is 10.1. The summed E-state index contributed by atoms with van der Waals surface area (Å²) < 4.78 is 24.0. The molecule has 1 amide bonds. The van der Waals surface area contributed by atoms with Crippen LogP contribution in [0, 0.1) is 5.82 Å². The van der Waals surface area contributed by atoms with Crippen molar-refractivity contribution < 1.29 is 23.5 Å². The Balaban J connectivity index is 2.00. The second kappa shape index (κ2) is 7.11. The van der Waals surface area contributed by atoms with Crippen LogP contribution in [0.25, 0.3) is 0 Å². The Kier molecular flexibility index (Phi) is 5.44. The maximum atomic E-state index is 13.6. The van der Waals surface area contributed by atoms with Crippen LogP contribution in [0.1, 0.15) is 16.8 Å². The van der Waals surface area contributed by atoms with Crippen LogP contribution in [-0.2, 0) is 14.3 Å². The van der Waals surface area contributed by atoms with E-state index in [1.54, 1.807) is 7.11 Å². The van der Waals surface area contributed by atoms with Crippen LogP contribution in [-0.4, -0.2) is 45.2 Å². The Morgan fingerprint density at radius 2 is 2.00 bits per heavy atom. The first-order valence-corrected chi connectivity index (χ1v) is 7.27. The van der Waals surface area contributed by atoms with Gasteiger partial charge < -0.3 is 14.4 Å². The highest BCUT2D eigenvalue weighted by Crippen LogP contribution is 2.33. The zero-order chi connectivity index (χ0) is 15.4. The van der Waals surface area contributed by atoms with E-state index in [-0.39, 0.29) is 23.2 Å². The molecule has 0 bridgehead atoms. The van der Waals surface area contributed by atoms with Crippen LogP contribution < -0.4 is 4.90 Å². The number of hydrogen-bond donors (Lipinski definition) is 0. The molecule has 7 heteroatoms. The van der Waals surface area contributed by atoms with E-state index in [0.717, 1.165) is 6.42 Å². The van der Waals surface area contributed by atoms with Crippen molar-refractivity contribution in [3.63, 3.8) is 0 Å². The quantitative estimate of drug-likeness (QED) is 0.553. The van der Waals surface area contributed by atoms with Gasteiger partial charge in [0.2, 0.25) is 0 Å². The number of Topliss-reactive ketones (excluding diaryl/α,β-unsaturated/α-hetero) is 1. The van der Waals surface area contributed by atoms with Crippen LogP contribution in [0.15, 0.2) is 16.6 Å². The van der Waals surface area contributed by atoms with Crippen molar-refractivity contribution >= 4 is 33.3 Å². The Hall–Kier alpha value is -1.31. The number of nitrogens with zero attached hydrogens (tertiary/aromatic N) is 1. The summed E-state index contributed by atoms with van der Waals surface area (Å²) in [6, 6.07) is 2.53. The highest BCUT2D eigenvalue weighted by Gasteiger charge is 2.36. The van der Waals surface area contributed by atoms with Crippen LogP contribution in [0.4, 0.5) is 10.1 Å². The number of benzene rings is 1. The summed E-state index contributed by atoms with van der Waals surface area (Å²) in [4.78, 5) is 25.0. The van der Waals surface area contributed by atoms with Crippen LogP contribution >= 0.6 is 15.9 Å². The van der Waals surface area contributed by atoms with Gasteiger partial charge in [0.05, 0.1) is 22.3 Å². The number of methoxy groups -OCH3 is 1. The van der Waals surface area contributed by atoms with E-state index < -0.39 is 17.5 Å². The zero-order valence-electron chi connectivity index (χ0n) is 11.5. The van der Waals surface area contributed by atoms with Crippen molar-refractivity contribution in [1.82, 2.24) is 0 Å². The molecule has 1 aromatic carbocycles. The number of rotatable bonds is 7. The minimum Gasteiger partial charge on any atom is -0.385 e. The molecule has 0 spiro atoms. The molecule has 0 aromatic heterocycles. The molecule has 0 fully saturated rings. The molecule has 0 saturated carbocycles. The van der Waals surface area contributed by atoms with Crippen LogP contribution in [0.5, 0.6) is 0 Å². The minimum absolute atomic E-state index is 0.167. The monoisotopic (exact) mass is 359 g/mol. The van der Waals surface area contributed by atoms with Gasteiger partial charge in [0, 0.05) is 26.9 Å². The molecule has 1 aromatic rings. The molecule has 1 aliphatic heterocycles. The van der Waals surface area contributed by atoms with E-state index >= 15 is 0 Å². The summed E-state index contributed by atoms with van der Waals surface area (Å²) >= 11 is 3.01. The van der Waals surface area contributed by atoms with Crippen molar-refractivity contribution in [2.24, 2.45) is 0 Å². The number of carbonyl (C=O) groups excluding carboxylic acids is 2. The van der Waals surface area contributed by atoms with Crippen molar-refractivity contribution in [3.05, 3.63) is 28.0 Å². The topological polar surface area (TPSA) is 55.8 Å². The van der Waals surface area contributed by atoms with Gasteiger partial charge in [-0.2, -0.15) is 0 Å². The largest absolute Gasteiger partial charge is 0.385 e. The van der Waals surface area contributed by atoms with E-state index in [2.05, 4.69) is 15.9 Å². The third-order valence-corrected chi connectivity index (χ3v) is 3.72. The van der Waals surface area contributed by atoms with E-state index in [4.69, 9.17) is 9.47 Å². The Bertz CT molecular complexity index is 564. The number of amides is 1. The summed E-state index contributed by atoms with van der Waals surface area (Å²) in [5, 5.41) is 0. The Morgan fingerprint density at radius 3 is 2.71 bits per heavy atom. The maximum absolute atomic E-state index is 13.6. The molecular weight excluding hydrogens is 345 g/mol. The first-order chi connectivity index (χ1) is 10.1. The molecule has 0 aliphatic carbocycles. The number of hydrogen-bond acceptors (Lipinski definition) is 4. The van der Waals surface area contributed by atoms with Gasteiger partial charge in [0.1, 0.15) is 5.82 Å². The molecule has 0 saturated heterocycles. The van der Waals surface area contributed by atoms with E-state index in [9.17, 15) is 14.0 Å². The summed E-state index contributed by atoms with van der Waals surface area (Å²) in [7, 11) is 1.61. The molecule has 1 heterocycles. The highest BCUT2D eigenvalue weighted by molar-refractivity contribution is 9.10. The van der Waals surface area contributed by atoms with Gasteiger partial charge in [0.25, 0.3) is 11.7 Å². The normalized spacial score (nSPS) is 14.0. The van der Waals surface area contributed by atoms with Gasteiger partial charge in [-0.1, -0.05) is 0 Å². The first-order valence-electron chi connectivity index (χ1n) is 6.48. The van der Waals surface area contributed by atoms with Gasteiger partial charge in [-0.25, -0.2) is 4.39 Å². The molecule has 0 unspecified atom stereocenters. The molecule has 114 valence electrons. The number of anilines is 1. The fraction of sp³-hybridized carbons (Fsp3) is 0.429. The summed E-state index contributed by atoms with van der Waals surface area (Å²) in [6.45, 7) is 1.60. The van der Waals surface area contributed by atoms with Crippen molar-refractivity contribution in [1.29, 1.82) is 0 Å². The molecule has 0 N–H and O–H groups in total. The van der Waals surface area contributed by atoms with E-state index in [1.165, 1.54) is 17.0 Å². The van der Waals surface area contributed by atoms with E-state index in [0.29, 0.717) is 18.9 Å². The van der Waals surface area contributed by atoms with Crippen molar-refractivity contribution in [3.8, 4) is 0 Å². The summed E-state index contributed by atoms with van der Waals surface area (Å²) in [5.41, 5.74) is 0.513. The summed E-state index contributed by atoms with van der Waals surface area (Å²) in [6.07, 6.45) is 0.752. The lowest BCUT2D eigenvalue weighted by Crippen LogP contribution is -2.33. The van der Waals surface area contributed by atoms with Gasteiger partial charge in [-0.05, 0) is 34.5 Å². The minimum atomic E-state index is -0.650. The Morgan fingerprint density at radius 1 is 1.24 bits per heavy atom. The molecule has 5 nitrogen and oxygen atoms in total. The molecular formula is C14H15BrFNO4. The Labute approximate surface area is 130 Å². The third kappa shape index (κ3) is 3.48. The molecule has 0 radical (unpaired) electrons. The lowest BCUT2D eigenvalue weighted by Gasteiger charge is -2.16. The number of ketones is 1. The molecule has 21 heavy (non-hydrogen) atoms. The van der Waals surface area contributed by atoms with Gasteiger partial charge in [-0.3, -0.25) is 9.59 Å². The summed E-state index contributed by atoms with van der Waals surface area (Å²) in [5.74, 6) is -1.78. The van der Waals surface area contributed by atoms with E-state index in [1.807, 2.05) is 0 Å². The molecule has 1 aliphatic rings. The second-order valence-electron chi connectivity index (χ2n) is 4.53. The average Bonchev–Trinajstić information content (AvgIpc) is 2.68. The second-order valence-corrected chi connectivity index (χ2v) is 5.38. The van der Waals surface area contributed by atoms with Crippen LogP contribution in [0.2, 0.25) is 0 Å². The SMILES string of the molecule is COCCCOCCN1C(=O)C(=O)c2cc(Br)c(F)cc21. The number of ether oxygens (including phenoxy) is 2. The third-order valence-electron chi connectivity index (χ3n) is 3.11. The number of carbonyl (C=O) groups is 2. The van der Waals surface area contributed by atoms with Crippen molar-refractivity contribution in [2.45, 2.75) is 6.42 Å². The van der Waals surface area contributed by atoms with Gasteiger partial charge in [-0.15, -0.1) is 0 Å². The highest BCUT2D eigenvalue weighted by atomic mass is 79.9. The first kappa shape index (κ1) is 16.1. The van der Waals surface area contributed by atoms with Crippen molar-refractivity contribution in [2.75, 3.05) is 38.4 Å². The smallest absolute Gasteiger partial charge is 0.299 e. The predicted molar refractivity (Wildman–Crippen MR) is 78.1 cm³/mol. The molecule has 2 rings (SSSR count). The fourth-order valence-electron chi connectivity index (χ4n) is 2.07. The van der Waals surface area contributed by atoms with Gasteiger partial charge in [0.15, 0.2) is 0 Å². The van der Waals surface area contributed by atoms with Gasteiger partial charge >= 0.3 is 0 Å². The lowest BCUT2D eigenvalue weighted by molar-refractivity contribution is -0.114. The number of halogens is 2. The predicted octanol–water partition coefficient (Wildman–Crippen LogP) is 2.17. The average molecular weight is 360 g/mol. The maximum Gasteiger partial charge on any atom is 0.299 e. The zero-order valence-corrected chi connectivity index (χ0v) is 13.1. The standard InChI is InChI=1S/C14H15BrFNO4/c1-20-4-2-5-21-6-3-17-12-8-11(16)10(15)7-9(12)13(18)14(17)19/h7-8H,2-6H2,1H3. The molecule has 0 atom stereocenters. The number of fused-ring (bicyclic) bond motifs is 1. The van der Waals surface area contributed by atoms with Crippen LogP contribution in [0.3, 0.4) is 0 Å². The fourth-order valence-corrected chi connectivity index (χ4v) is 2.42.